The van der Waals surface area contributed by atoms with Crippen LogP contribution in [0, 0.1) is 30.5 Å². The fraction of sp³-hybridized carbons (Fsp3) is 0.667. The lowest BCUT2D eigenvalue weighted by Crippen LogP contribution is -2.49. The number of piperidine rings is 1. The van der Waals surface area contributed by atoms with E-state index >= 15 is 0 Å². The molecule has 1 saturated carbocycles. The van der Waals surface area contributed by atoms with Gasteiger partial charge in [0, 0.05) is 24.6 Å². The third-order valence-electron chi connectivity index (χ3n) is 5.18. The molecule has 0 aromatic carbocycles. The first kappa shape index (κ1) is 21.3. The first-order chi connectivity index (χ1) is 13.4. The fourth-order valence-electron chi connectivity index (χ4n) is 3.77. The summed E-state index contributed by atoms with van der Waals surface area (Å²) in [5.41, 5.74) is -0.532. The van der Waals surface area contributed by atoms with Crippen molar-refractivity contribution in [1.82, 2.24) is 15.2 Å². The molecule has 1 aromatic heterocycles. The molecule has 0 radical (unpaired) electrons. The Hall–Kier alpha value is -2.38. The van der Waals surface area contributed by atoms with Crippen molar-refractivity contribution in [3.8, 4) is 5.88 Å². The molecule has 7 nitrogen and oxygen atoms in total. The summed E-state index contributed by atoms with van der Waals surface area (Å²) < 4.78 is 24.2. The second-order valence-electron chi connectivity index (χ2n) is 9.68. The maximum Gasteiger partial charge on any atom is 0.410 e. The molecule has 8 heteroatoms. The van der Waals surface area contributed by atoms with Gasteiger partial charge in [0.1, 0.15) is 18.0 Å². The second kappa shape index (κ2) is 7.46. The first-order valence-corrected chi connectivity index (χ1v) is 9.91. The van der Waals surface area contributed by atoms with E-state index in [1.807, 2.05) is 34.6 Å². The number of nitrogens with one attached hydrogen (secondary N) is 1. The summed E-state index contributed by atoms with van der Waals surface area (Å²) in [4.78, 5) is 30.5. The van der Waals surface area contributed by atoms with E-state index in [1.54, 1.807) is 11.8 Å². The highest BCUT2D eigenvalue weighted by Crippen LogP contribution is 2.52. The van der Waals surface area contributed by atoms with E-state index in [1.165, 1.54) is 6.07 Å². The highest BCUT2D eigenvalue weighted by molar-refractivity contribution is 5.84. The van der Waals surface area contributed by atoms with Crippen molar-refractivity contribution in [2.75, 3.05) is 19.7 Å². The lowest BCUT2D eigenvalue weighted by Gasteiger charge is -2.28. The second-order valence-corrected chi connectivity index (χ2v) is 9.68. The van der Waals surface area contributed by atoms with Gasteiger partial charge in [-0.25, -0.2) is 14.2 Å². The summed E-state index contributed by atoms with van der Waals surface area (Å²) in [5.74, 6) is 0.188. The Bertz CT molecular complexity index is 794. The molecular formula is C21H30FN3O4. The highest BCUT2D eigenvalue weighted by atomic mass is 19.1. The van der Waals surface area contributed by atoms with Gasteiger partial charge in [0.15, 0.2) is 0 Å². The van der Waals surface area contributed by atoms with E-state index in [-0.39, 0.29) is 36.4 Å². The molecule has 160 valence electrons. The number of nitrogens with zero attached hydrogens (tertiary/aromatic N) is 2. The summed E-state index contributed by atoms with van der Waals surface area (Å²) >= 11 is 0. The van der Waals surface area contributed by atoms with Gasteiger partial charge in [-0.2, -0.15) is 0 Å². The molecule has 0 spiro atoms. The van der Waals surface area contributed by atoms with Crippen LogP contribution < -0.4 is 10.1 Å². The van der Waals surface area contributed by atoms with Crippen LogP contribution in [0.15, 0.2) is 12.3 Å². The van der Waals surface area contributed by atoms with E-state index in [2.05, 4.69) is 10.3 Å². The zero-order valence-electron chi connectivity index (χ0n) is 17.9. The van der Waals surface area contributed by atoms with Crippen molar-refractivity contribution >= 4 is 12.0 Å². The summed E-state index contributed by atoms with van der Waals surface area (Å²) in [6.07, 6.45) is 0.787. The Balaban J connectivity index is 1.47. The maximum absolute atomic E-state index is 13.2. The van der Waals surface area contributed by atoms with Crippen molar-refractivity contribution in [2.45, 2.75) is 52.7 Å². The van der Waals surface area contributed by atoms with E-state index in [0.717, 1.165) is 6.20 Å². The Morgan fingerprint density at radius 1 is 1.24 bits per heavy atom. The molecule has 1 unspecified atom stereocenters. The van der Waals surface area contributed by atoms with Crippen LogP contribution in [-0.2, 0) is 9.53 Å². The van der Waals surface area contributed by atoms with E-state index < -0.39 is 17.0 Å². The molecule has 1 aliphatic heterocycles. The molecule has 3 rings (SSSR count). The minimum absolute atomic E-state index is 0.0266. The molecule has 1 aliphatic carbocycles. The molecule has 2 aliphatic rings. The zero-order valence-corrected chi connectivity index (χ0v) is 17.9. The maximum atomic E-state index is 13.2. The van der Waals surface area contributed by atoms with Gasteiger partial charge in [-0.15, -0.1) is 0 Å². The summed E-state index contributed by atoms with van der Waals surface area (Å²) in [6.45, 7) is 12.3. The molecular weight excluding hydrogens is 377 g/mol. The van der Waals surface area contributed by atoms with Crippen LogP contribution >= 0.6 is 0 Å². The predicted molar refractivity (Wildman–Crippen MR) is 105 cm³/mol. The Morgan fingerprint density at radius 3 is 2.41 bits per heavy atom. The van der Waals surface area contributed by atoms with Crippen molar-refractivity contribution < 1.29 is 23.5 Å². The number of halogens is 1. The summed E-state index contributed by atoms with van der Waals surface area (Å²) in [7, 11) is 0. The topological polar surface area (TPSA) is 80.8 Å². The van der Waals surface area contributed by atoms with Gasteiger partial charge in [0.05, 0.1) is 11.7 Å². The minimum atomic E-state index is -0.610. The smallest absolute Gasteiger partial charge is 0.410 e. The lowest BCUT2D eigenvalue weighted by atomic mass is 10.1. The number of rotatable bonds is 5. The third kappa shape index (κ3) is 5.16. The number of hydrogen-bond donors (Lipinski definition) is 1. The van der Waals surface area contributed by atoms with Crippen molar-refractivity contribution in [1.29, 1.82) is 0 Å². The van der Waals surface area contributed by atoms with Crippen LogP contribution in [0.4, 0.5) is 9.18 Å². The van der Waals surface area contributed by atoms with Crippen molar-refractivity contribution in [3.63, 3.8) is 0 Å². The average molecular weight is 407 g/mol. The Labute approximate surface area is 171 Å². The molecule has 0 bridgehead atoms. The van der Waals surface area contributed by atoms with Crippen molar-refractivity contribution in [3.05, 3.63) is 23.6 Å². The molecule has 2 amide bonds. The van der Waals surface area contributed by atoms with Crippen LogP contribution in [0.5, 0.6) is 5.88 Å². The largest absolute Gasteiger partial charge is 0.475 e. The quantitative estimate of drug-likeness (QED) is 0.812. The standard InChI is InChI=1S/C21H30FN3O4/c1-12-7-13(22)8-23-18(12)28-11-21(5,6)24-17(26)16-14-9-25(10-15(14)16)19(27)29-20(2,3)4/h7-8,14-16H,9-11H2,1-6H3,(H,24,26)/t14-,15+,16?. The van der Waals surface area contributed by atoms with E-state index in [0.29, 0.717) is 24.5 Å². The number of carbonyl (C=O) groups is 2. The van der Waals surface area contributed by atoms with Gasteiger partial charge in [0.2, 0.25) is 11.8 Å². The molecule has 1 saturated heterocycles. The van der Waals surface area contributed by atoms with E-state index in [9.17, 15) is 14.0 Å². The average Bonchev–Trinajstić information content (AvgIpc) is 3.06. The zero-order chi connectivity index (χ0) is 21.6. The Kier molecular flexibility index (Phi) is 5.49. The van der Waals surface area contributed by atoms with Gasteiger partial charge >= 0.3 is 6.09 Å². The lowest BCUT2D eigenvalue weighted by molar-refractivity contribution is -0.125. The monoisotopic (exact) mass is 407 g/mol. The third-order valence-corrected chi connectivity index (χ3v) is 5.18. The number of hydrogen-bond acceptors (Lipinski definition) is 5. The minimum Gasteiger partial charge on any atom is -0.475 e. The number of pyridine rings is 1. The number of carbonyl (C=O) groups excluding carboxylic acids is 2. The molecule has 2 heterocycles. The highest BCUT2D eigenvalue weighted by Gasteiger charge is 2.61. The van der Waals surface area contributed by atoms with Crippen molar-refractivity contribution in [2.24, 2.45) is 17.8 Å². The normalized spacial score (nSPS) is 23.4. The summed E-state index contributed by atoms with van der Waals surface area (Å²) in [6, 6.07) is 1.36. The first-order valence-electron chi connectivity index (χ1n) is 9.91. The molecule has 1 aromatic rings. The predicted octanol–water partition coefficient (Wildman–Crippen LogP) is 2.92. The SMILES string of the molecule is Cc1cc(F)cnc1OCC(C)(C)NC(=O)C1[C@H]2CN(C(=O)OC(C)(C)C)C[C@@H]12. The van der Waals surface area contributed by atoms with Gasteiger partial charge in [0.25, 0.3) is 0 Å². The molecule has 1 N–H and O–H groups in total. The van der Waals surface area contributed by atoms with Gasteiger partial charge < -0.3 is 19.7 Å². The van der Waals surface area contributed by atoms with E-state index in [4.69, 9.17) is 9.47 Å². The fourth-order valence-corrected chi connectivity index (χ4v) is 3.77. The van der Waals surface area contributed by atoms with Crippen LogP contribution in [0.25, 0.3) is 0 Å². The number of fused-ring (bicyclic) bond motifs is 1. The Morgan fingerprint density at radius 2 is 1.86 bits per heavy atom. The van der Waals surface area contributed by atoms with Crippen LogP contribution in [0.3, 0.4) is 0 Å². The van der Waals surface area contributed by atoms with Gasteiger partial charge in [-0.05, 0) is 59.4 Å². The molecule has 2 fully saturated rings. The number of likely N-dealkylation sites (tertiary alicyclic amines) is 1. The van der Waals surface area contributed by atoms with Crippen LogP contribution in [-0.4, -0.2) is 52.7 Å². The molecule has 3 atom stereocenters. The number of amides is 2. The number of aromatic nitrogens is 1. The van der Waals surface area contributed by atoms with Gasteiger partial charge in [-0.1, -0.05) is 0 Å². The van der Waals surface area contributed by atoms with Crippen LogP contribution in [0.1, 0.15) is 40.2 Å². The summed E-state index contributed by atoms with van der Waals surface area (Å²) in [5, 5.41) is 3.03. The number of aryl methyl sites for hydroxylation is 1. The molecule has 29 heavy (non-hydrogen) atoms. The van der Waals surface area contributed by atoms with Crippen LogP contribution in [0.2, 0.25) is 0 Å². The number of ether oxygens (including phenoxy) is 2. The van der Waals surface area contributed by atoms with Gasteiger partial charge in [-0.3, -0.25) is 4.79 Å².